The van der Waals surface area contributed by atoms with Crippen LogP contribution in [-0.4, -0.2) is 44.7 Å². The summed E-state index contributed by atoms with van der Waals surface area (Å²) in [6.07, 6.45) is 1.50. The van der Waals surface area contributed by atoms with Crippen molar-refractivity contribution in [2.45, 2.75) is 25.5 Å². The van der Waals surface area contributed by atoms with Gasteiger partial charge in [0.25, 0.3) is 0 Å². The van der Waals surface area contributed by atoms with Crippen molar-refractivity contribution in [3.63, 3.8) is 0 Å². The second-order valence-corrected chi connectivity index (χ2v) is 7.12. The van der Waals surface area contributed by atoms with Crippen LogP contribution in [0.5, 0.6) is 11.5 Å². The zero-order valence-electron chi connectivity index (χ0n) is 16.6. The normalized spacial score (nSPS) is 18.7. The van der Waals surface area contributed by atoms with Gasteiger partial charge in [0, 0.05) is 32.2 Å². The number of nitrogens with one attached hydrogen (secondary N) is 2. The molecule has 2 aromatic carbocycles. The molecule has 0 spiro atoms. The van der Waals surface area contributed by atoms with E-state index < -0.39 is 0 Å². The average molecular weight is 394 g/mol. The van der Waals surface area contributed by atoms with E-state index in [2.05, 4.69) is 15.6 Å². The topological polar surface area (TPSA) is 75.2 Å². The molecule has 2 heterocycles. The molecule has 1 atom stereocenters. The highest BCUT2D eigenvalue weighted by atomic mass is 16.6. The maximum atomic E-state index is 11.9. The quantitative estimate of drug-likeness (QED) is 0.601. The second kappa shape index (κ2) is 8.86. The average Bonchev–Trinajstić information content (AvgIpc) is 3.20. The Labute approximate surface area is 170 Å². The maximum Gasteiger partial charge on any atom is 0.227 e. The molecule has 7 heteroatoms. The molecular weight excluding hydrogens is 368 g/mol. The number of anilines is 1. The van der Waals surface area contributed by atoms with E-state index >= 15 is 0 Å². The first-order chi connectivity index (χ1) is 14.2. The monoisotopic (exact) mass is 394 g/mol. The number of fused-ring (bicyclic) bond motifs is 1. The minimum atomic E-state index is -0.0827. The SMILES string of the molecule is CN=C(NCc1ccc(N2CCCC2=O)cc1)NCC1COc2ccccc2O1. The van der Waals surface area contributed by atoms with Crippen LogP contribution in [0.3, 0.4) is 0 Å². The van der Waals surface area contributed by atoms with Gasteiger partial charge in [-0.1, -0.05) is 24.3 Å². The molecule has 0 bridgehead atoms. The van der Waals surface area contributed by atoms with E-state index in [-0.39, 0.29) is 12.0 Å². The predicted molar refractivity (Wildman–Crippen MR) is 113 cm³/mol. The molecule has 1 amide bonds. The number of ether oxygens (including phenoxy) is 2. The van der Waals surface area contributed by atoms with Crippen LogP contribution in [0, 0.1) is 0 Å². The molecule has 0 radical (unpaired) electrons. The fraction of sp³-hybridized carbons (Fsp3) is 0.364. The third kappa shape index (κ3) is 4.62. The molecule has 7 nitrogen and oxygen atoms in total. The van der Waals surface area contributed by atoms with Gasteiger partial charge in [-0.2, -0.15) is 0 Å². The summed E-state index contributed by atoms with van der Waals surface area (Å²) in [6.45, 7) is 2.53. The van der Waals surface area contributed by atoms with Gasteiger partial charge in [0.1, 0.15) is 12.7 Å². The summed E-state index contributed by atoms with van der Waals surface area (Å²) >= 11 is 0. The molecule has 2 N–H and O–H groups in total. The van der Waals surface area contributed by atoms with Crippen LogP contribution in [0.2, 0.25) is 0 Å². The Kier molecular flexibility index (Phi) is 5.84. The van der Waals surface area contributed by atoms with Crippen molar-refractivity contribution in [2.24, 2.45) is 4.99 Å². The van der Waals surface area contributed by atoms with Crippen molar-refractivity contribution in [3.8, 4) is 11.5 Å². The molecule has 1 unspecified atom stereocenters. The first-order valence-electron chi connectivity index (χ1n) is 9.95. The number of para-hydroxylation sites is 2. The molecule has 1 saturated heterocycles. The molecule has 4 rings (SSSR count). The second-order valence-electron chi connectivity index (χ2n) is 7.12. The van der Waals surface area contributed by atoms with E-state index in [0.29, 0.717) is 32.1 Å². The maximum absolute atomic E-state index is 11.9. The Morgan fingerprint density at radius 3 is 2.66 bits per heavy atom. The first-order valence-corrected chi connectivity index (χ1v) is 9.95. The molecule has 0 aromatic heterocycles. The molecule has 2 aliphatic rings. The van der Waals surface area contributed by atoms with E-state index in [9.17, 15) is 4.79 Å². The molecule has 0 aliphatic carbocycles. The van der Waals surface area contributed by atoms with Crippen molar-refractivity contribution < 1.29 is 14.3 Å². The highest BCUT2D eigenvalue weighted by molar-refractivity contribution is 5.95. The summed E-state index contributed by atoms with van der Waals surface area (Å²) in [5, 5.41) is 6.59. The van der Waals surface area contributed by atoms with Crippen LogP contribution >= 0.6 is 0 Å². The highest BCUT2D eigenvalue weighted by Gasteiger charge is 2.22. The van der Waals surface area contributed by atoms with Crippen molar-refractivity contribution in [2.75, 3.05) is 31.6 Å². The zero-order chi connectivity index (χ0) is 20.1. The number of carbonyl (C=O) groups excluding carboxylic acids is 1. The Morgan fingerprint density at radius 2 is 1.93 bits per heavy atom. The number of hydrogen-bond acceptors (Lipinski definition) is 4. The molecule has 2 aromatic rings. The summed E-state index contributed by atoms with van der Waals surface area (Å²) in [6, 6.07) is 15.8. The van der Waals surface area contributed by atoms with Gasteiger partial charge in [-0.15, -0.1) is 0 Å². The Morgan fingerprint density at radius 1 is 1.14 bits per heavy atom. The number of carbonyl (C=O) groups is 1. The highest BCUT2D eigenvalue weighted by Crippen LogP contribution is 2.30. The van der Waals surface area contributed by atoms with Gasteiger partial charge < -0.3 is 25.0 Å². The number of guanidine groups is 1. The van der Waals surface area contributed by atoms with Crippen molar-refractivity contribution in [1.82, 2.24) is 10.6 Å². The van der Waals surface area contributed by atoms with Crippen LogP contribution in [-0.2, 0) is 11.3 Å². The lowest BCUT2D eigenvalue weighted by molar-refractivity contribution is -0.117. The van der Waals surface area contributed by atoms with Gasteiger partial charge >= 0.3 is 0 Å². The van der Waals surface area contributed by atoms with E-state index in [1.54, 1.807) is 7.05 Å². The van der Waals surface area contributed by atoms with Gasteiger partial charge in [0.2, 0.25) is 5.91 Å². The number of amides is 1. The summed E-state index contributed by atoms with van der Waals surface area (Å²) < 4.78 is 11.7. The summed E-state index contributed by atoms with van der Waals surface area (Å²) in [4.78, 5) is 18.0. The lowest BCUT2D eigenvalue weighted by Gasteiger charge is -2.27. The summed E-state index contributed by atoms with van der Waals surface area (Å²) in [5.74, 6) is 2.46. The predicted octanol–water partition coefficient (Wildman–Crippen LogP) is 2.32. The lowest BCUT2D eigenvalue weighted by atomic mass is 10.2. The van der Waals surface area contributed by atoms with Crippen LogP contribution in [0.1, 0.15) is 18.4 Å². The fourth-order valence-electron chi connectivity index (χ4n) is 3.50. The third-order valence-electron chi connectivity index (χ3n) is 5.07. The van der Waals surface area contributed by atoms with Crippen molar-refractivity contribution in [3.05, 3.63) is 54.1 Å². The van der Waals surface area contributed by atoms with E-state index in [0.717, 1.165) is 35.7 Å². The van der Waals surface area contributed by atoms with Crippen LogP contribution in [0.4, 0.5) is 5.69 Å². The van der Waals surface area contributed by atoms with E-state index in [1.807, 2.05) is 53.4 Å². The minimum Gasteiger partial charge on any atom is -0.486 e. The number of hydrogen-bond donors (Lipinski definition) is 2. The Bertz CT molecular complexity index is 882. The molecule has 0 saturated carbocycles. The Hall–Kier alpha value is -3.22. The largest absolute Gasteiger partial charge is 0.486 e. The van der Waals surface area contributed by atoms with Crippen LogP contribution in [0.25, 0.3) is 0 Å². The molecular formula is C22H26N4O3. The van der Waals surface area contributed by atoms with E-state index in [1.165, 1.54) is 0 Å². The van der Waals surface area contributed by atoms with Crippen LogP contribution in [0.15, 0.2) is 53.5 Å². The zero-order valence-corrected chi connectivity index (χ0v) is 16.6. The Balaban J connectivity index is 1.25. The van der Waals surface area contributed by atoms with Crippen LogP contribution < -0.4 is 25.0 Å². The smallest absolute Gasteiger partial charge is 0.227 e. The van der Waals surface area contributed by atoms with Crippen molar-refractivity contribution in [1.29, 1.82) is 0 Å². The summed E-state index contributed by atoms with van der Waals surface area (Å²) in [7, 11) is 1.74. The van der Waals surface area contributed by atoms with Gasteiger partial charge in [-0.05, 0) is 36.2 Å². The molecule has 2 aliphatic heterocycles. The molecule has 29 heavy (non-hydrogen) atoms. The van der Waals surface area contributed by atoms with Gasteiger partial charge in [0.15, 0.2) is 17.5 Å². The molecule has 152 valence electrons. The third-order valence-corrected chi connectivity index (χ3v) is 5.07. The van der Waals surface area contributed by atoms with Gasteiger partial charge in [-0.3, -0.25) is 9.79 Å². The molecule has 1 fully saturated rings. The fourth-order valence-corrected chi connectivity index (χ4v) is 3.50. The van der Waals surface area contributed by atoms with Crippen molar-refractivity contribution >= 4 is 17.6 Å². The number of nitrogens with zero attached hydrogens (tertiary/aromatic N) is 2. The van der Waals surface area contributed by atoms with Gasteiger partial charge in [0.05, 0.1) is 6.54 Å². The lowest BCUT2D eigenvalue weighted by Crippen LogP contribution is -2.45. The number of benzene rings is 2. The van der Waals surface area contributed by atoms with E-state index in [4.69, 9.17) is 9.47 Å². The first kappa shape index (κ1) is 19.1. The number of aliphatic imine (C=N–C) groups is 1. The minimum absolute atomic E-state index is 0.0827. The van der Waals surface area contributed by atoms with Gasteiger partial charge in [-0.25, -0.2) is 0 Å². The number of rotatable bonds is 5. The standard InChI is InChI=1S/C22H26N4O3/c1-23-22(25-14-18-15-28-19-5-2-3-6-20(19)29-18)24-13-16-8-10-17(11-9-16)26-12-4-7-21(26)27/h2-3,5-6,8-11,18H,4,7,12-15H2,1H3,(H2,23,24,25). The summed E-state index contributed by atoms with van der Waals surface area (Å²) in [5.41, 5.74) is 2.09.